The third-order valence-corrected chi connectivity index (χ3v) is 3.62. The van der Waals surface area contributed by atoms with Crippen LogP contribution in [0.5, 0.6) is 0 Å². The highest BCUT2D eigenvalue weighted by Gasteiger charge is 2.25. The summed E-state index contributed by atoms with van der Waals surface area (Å²) in [6.45, 7) is 8.87. The Bertz CT molecular complexity index is 467. The van der Waals surface area contributed by atoms with Crippen LogP contribution in [-0.2, 0) is 6.42 Å². The number of benzene rings is 1. The predicted octanol–water partition coefficient (Wildman–Crippen LogP) is 3.28. The van der Waals surface area contributed by atoms with Gasteiger partial charge in [-0.1, -0.05) is 30.4 Å². The molecular formula is C15H20N2S. The van der Waals surface area contributed by atoms with Gasteiger partial charge in [-0.05, 0) is 50.5 Å². The standard InChI is InChI=1S/C15H20N2S/c1-11(2)10-16-15(18)17-12(3)8-9-13-6-4-5-7-14(13)17/h4-7,12H,1,8-10H2,2-3H3,(H,16,18)/t12-/m1/s1. The van der Waals surface area contributed by atoms with Crippen molar-refractivity contribution in [3.8, 4) is 0 Å². The number of rotatable bonds is 2. The summed E-state index contributed by atoms with van der Waals surface area (Å²) in [7, 11) is 0. The Kier molecular flexibility index (Phi) is 4.02. The molecule has 0 amide bonds. The van der Waals surface area contributed by atoms with Crippen molar-refractivity contribution in [2.75, 3.05) is 11.4 Å². The maximum absolute atomic E-state index is 5.52. The molecule has 0 saturated carbocycles. The Hall–Kier alpha value is -1.35. The molecule has 1 aromatic rings. The van der Waals surface area contributed by atoms with Gasteiger partial charge in [0.2, 0.25) is 0 Å². The normalized spacial score (nSPS) is 18.1. The van der Waals surface area contributed by atoms with E-state index in [-0.39, 0.29) is 0 Å². The highest BCUT2D eigenvalue weighted by Crippen LogP contribution is 2.30. The fourth-order valence-corrected chi connectivity index (χ4v) is 2.66. The lowest BCUT2D eigenvalue weighted by molar-refractivity contribution is 0.624. The molecule has 0 aliphatic carbocycles. The quantitative estimate of drug-likeness (QED) is 0.649. The summed E-state index contributed by atoms with van der Waals surface area (Å²) < 4.78 is 0. The molecule has 0 fully saturated rings. The smallest absolute Gasteiger partial charge is 0.173 e. The molecule has 3 heteroatoms. The average Bonchev–Trinajstić information content (AvgIpc) is 2.36. The molecule has 0 aromatic heterocycles. The van der Waals surface area contributed by atoms with E-state index in [1.54, 1.807) is 0 Å². The highest BCUT2D eigenvalue weighted by molar-refractivity contribution is 7.80. The number of fused-ring (bicyclic) bond motifs is 1. The third-order valence-electron chi connectivity index (χ3n) is 3.28. The van der Waals surface area contributed by atoms with Crippen molar-refractivity contribution in [2.45, 2.75) is 32.7 Å². The first kappa shape index (κ1) is 13.1. The maximum Gasteiger partial charge on any atom is 0.173 e. The lowest BCUT2D eigenvalue weighted by Gasteiger charge is -2.37. The van der Waals surface area contributed by atoms with Crippen molar-refractivity contribution in [3.05, 3.63) is 42.0 Å². The number of nitrogens with one attached hydrogen (secondary N) is 1. The third kappa shape index (κ3) is 2.72. The average molecular weight is 260 g/mol. The largest absolute Gasteiger partial charge is 0.359 e. The van der Waals surface area contributed by atoms with Crippen LogP contribution in [0, 0.1) is 0 Å². The fraction of sp³-hybridized carbons (Fsp3) is 0.400. The van der Waals surface area contributed by atoms with E-state index >= 15 is 0 Å². The fourth-order valence-electron chi connectivity index (χ4n) is 2.31. The number of para-hydroxylation sites is 1. The molecule has 0 radical (unpaired) electrons. The highest BCUT2D eigenvalue weighted by atomic mass is 32.1. The molecule has 1 atom stereocenters. The molecule has 0 spiro atoms. The summed E-state index contributed by atoms with van der Waals surface area (Å²) >= 11 is 5.52. The second-order valence-electron chi connectivity index (χ2n) is 5.00. The van der Waals surface area contributed by atoms with Gasteiger partial charge in [-0.25, -0.2) is 0 Å². The van der Waals surface area contributed by atoms with Crippen LogP contribution in [0.2, 0.25) is 0 Å². The zero-order valence-corrected chi connectivity index (χ0v) is 11.9. The van der Waals surface area contributed by atoms with Crippen LogP contribution in [0.15, 0.2) is 36.4 Å². The van der Waals surface area contributed by atoms with E-state index in [1.165, 1.54) is 11.3 Å². The number of nitrogens with zero attached hydrogens (tertiary/aromatic N) is 1. The van der Waals surface area contributed by atoms with Gasteiger partial charge in [0.15, 0.2) is 5.11 Å². The molecule has 1 aliphatic heterocycles. The van der Waals surface area contributed by atoms with Crippen LogP contribution >= 0.6 is 12.2 Å². The Morgan fingerprint density at radius 1 is 1.50 bits per heavy atom. The van der Waals surface area contributed by atoms with E-state index in [4.69, 9.17) is 12.2 Å². The first-order chi connectivity index (χ1) is 8.59. The Morgan fingerprint density at radius 2 is 2.22 bits per heavy atom. The van der Waals surface area contributed by atoms with Gasteiger partial charge in [0.1, 0.15) is 0 Å². The SMILES string of the molecule is C=C(C)CNC(=S)N1c2ccccc2CC[C@H]1C. The molecule has 0 saturated heterocycles. The van der Waals surface area contributed by atoms with Crippen molar-refractivity contribution in [2.24, 2.45) is 0 Å². The summed E-state index contributed by atoms with van der Waals surface area (Å²) in [5, 5.41) is 4.08. The minimum atomic E-state index is 0.449. The molecule has 0 bridgehead atoms. The molecule has 18 heavy (non-hydrogen) atoms. The van der Waals surface area contributed by atoms with Crippen molar-refractivity contribution >= 4 is 23.0 Å². The van der Waals surface area contributed by atoms with Crippen molar-refractivity contribution in [3.63, 3.8) is 0 Å². The summed E-state index contributed by atoms with van der Waals surface area (Å²) in [5.74, 6) is 0. The monoisotopic (exact) mass is 260 g/mol. The van der Waals surface area contributed by atoms with Crippen LogP contribution < -0.4 is 10.2 Å². The van der Waals surface area contributed by atoms with E-state index in [0.717, 1.165) is 30.1 Å². The summed E-state index contributed by atoms with van der Waals surface area (Å²) in [6, 6.07) is 8.96. The zero-order chi connectivity index (χ0) is 13.1. The molecule has 96 valence electrons. The van der Waals surface area contributed by atoms with Gasteiger partial charge >= 0.3 is 0 Å². The number of aryl methyl sites for hydroxylation is 1. The lowest BCUT2D eigenvalue weighted by atomic mass is 9.97. The summed E-state index contributed by atoms with van der Waals surface area (Å²) in [4.78, 5) is 2.23. The first-order valence-electron chi connectivity index (χ1n) is 6.39. The molecule has 1 aromatic carbocycles. The minimum Gasteiger partial charge on any atom is -0.359 e. The first-order valence-corrected chi connectivity index (χ1v) is 6.79. The molecule has 1 aliphatic rings. The Morgan fingerprint density at radius 3 is 2.94 bits per heavy atom. The number of hydrogen-bond donors (Lipinski definition) is 1. The van der Waals surface area contributed by atoms with Crippen LogP contribution in [0.4, 0.5) is 5.69 Å². The second-order valence-corrected chi connectivity index (χ2v) is 5.39. The summed E-state index contributed by atoms with van der Waals surface area (Å²) in [5.41, 5.74) is 3.72. The summed E-state index contributed by atoms with van der Waals surface area (Å²) in [6.07, 6.45) is 2.28. The van der Waals surface area contributed by atoms with E-state index in [1.807, 2.05) is 6.92 Å². The van der Waals surface area contributed by atoms with Gasteiger partial charge in [-0.2, -0.15) is 0 Å². The topological polar surface area (TPSA) is 15.3 Å². The van der Waals surface area contributed by atoms with Gasteiger partial charge in [-0.3, -0.25) is 0 Å². The Balaban J connectivity index is 2.21. The van der Waals surface area contributed by atoms with Gasteiger partial charge in [0.25, 0.3) is 0 Å². The zero-order valence-electron chi connectivity index (χ0n) is 11.1. The minimum absolute atomic E-state index is 0.449. The number of hydrogen-bond acceptors (Lipinski definition) is 1. The van der Waals surface area contributed by atoms with Gasteiger partial charge in [0.05, 0.1) is 0 Å². The van der Waals surface area contributed by atoms with Crippen molar-refractivity contribution in [1.29, 1.82) is 0 Å². The molecule has 1 heterocycles. The Labute approximate surface area is 115 Å². The second kappa shape index (κ2) is 5.53. The molecule has 2 rings (SSSR count). The van der Waals surface area contributed by atoms with Gasteiger partial charge in [-0.15, -0.1) is 0 Å². The van der Waals surface area contributed by atoms with Gasteiger partial charge < -0.3 is 10.2 Å². The van der Waals surface area contributed by atoms with E-state index in [2.05, 4.69) is 48.0 Å². The van der Waals surface area contributed by atoms with Crippen LogP contribution in [0.3, 0.4) is 0 Å². The van der Waals surface area contributed by atoms with Gasteiger partial charge in [0, 0.05) is 18.3 Å². The van der Waals surface area contributed by atoms with Crippen molar-refractivity contribution < 1.29 is 0 Å². The molecule has 0 unspecified atom stereocenters. The van der Waals surface area contributed by atoms with E-state index in [0.29, 0.717) is 6.04 Å². The van der Waals surface area contributed by atoms with E-state index < -0.39 is 0 Å². The lowest BCUT2D eigenvalue weighted by Crippen LogP contribution is -2.47. The molecule has 1 N–H and O–H groups in total. The van der Waals surface area contributed by atoms with Crippen LogP contribution in [0.1, 0.15) is 25.8 Å². The maximum atomic E-state index is 5.52. The molecular weight excluding hydrogens is 240 g/mol. The number of thiocarbonyl (C=S) groups is 1. The van der Waals surface area contributed by atoms with Crippen molar-refractivity contribution in [1.82, 2.24) is 5.32 Å². The van der Waals surface area contributed by atoms with E-state index in [9.17, 15) is 0 Å². The predicted molar refractivity (Wildman–Crippen MR) is 82.1 cm³/mol. The van der Waals surface area contributed by atoms with Crippen LogP contribution in [-0.4, -0.2) is 17.7 Å². The number of anilines is 1. The molecule has 2 nitrogen and oxygen atoms in total. The van der Waals surface area contributed by atoms with Crippen LogP contribution in [0.25, 0.3) is 0 Å².